The number of rotatable bonds is 7. The van der Waals surface area contributed by atoms with Gasteiger partial charge in [0.15, 0.2) is 0 Å². The molecule has 2 aromatic carbocycles. The molecule has 0 saturated heterocycles. The summed E-state index contributed by atoms with van der Waals surface area (Å²) in [5.74, 6) is -0.0955. The first-order valence-electron chi connectivity index (χ1n) is 11.5. The first-order valence-corrected chi connectivity index (χ1v) is 11.5. The number of aryl methyl sites for hydroxylation is 4. The molecule has 4 rings (SSSR count). The molecule has 4 aromatic rings. The number of aromatic nitrogens is 3. The molecule has 0 fully saturated rings. The van der Waals surface area contributed by atoms with Crippen LogP contribution in [0.3, 0.4) is 0 Å². The third kappa shape index (κ3) is 4.33. The molecule has 1 N–H and O–H groups in total. The van der Waals surface area contributed by atoms with E-state index in [0.717, 1.165) is 40.1 Å². The van der Waals surface area contributed by atoms with Gasteiger partial charge in [0, 0.05) is 29.6 Å². The van der Waals surface area contributed by atoms with Crippen molar-refractivity contribution in [2.45, 2.75) is 53.5 Å². The highest BCUT2D eigenvalue weighted by molar-refractivity contribution is 5.91. The molecule has 0 atom stereocenters. The van der Waals surface area contributed by atoms with E-state index in [9.17, 15) is 9.59 Å². The second-order valence-electron chi connectivity index (χ2n) is 8.29. The van der Waals surface area contributed by atoms with Crippen molar-refractivity contribution in [1.82, 2.24) is 14.3 Å². The van der Waals surface area contributed by atoms with E-state index >= 15 is 0 Å². The minimum Gasteiger partial charge on any atom is -0.326 e. The Balaban J connectivity index is 1.68. The molecule has 0 aliphatic rings. The van der Waals surface area contributed by atoms with E-state index in [4.69, 9.17) is 5.10 Å². The van der Waals surface area contributed by atoms with Crippen molar-refractivity contribution in [1.29, 1.82) is 0 Å². The number of carbonyl (C=O) groups is 1. The minimum absolute atomic E-state index is 0.0552. The molecular weight excluding hydrogens is 412 g/mol. The van der Waals surface area contributed by atoms with Gasteiger partial charge < -0.3 is 5.32 Å². The first kappa shape index (κ1) is 22.5. The van der Waals surface area contributed by atoms with Crippen molar-refractivity contribution < 1.29 is 4.79 Å². The number of benzene rings is 2. The number of amides is 1. The summed E-state index contributed by atoms with van der Waals surface area (Å²) in [7, 11) is 0. The molecule has 0 unspecified atom stereocenters. The molecule has 2 heterocycles. The molecule has 0 radical (unpaired) electrons. The van der Waals surface area contributed by atoms with Crippen molar-refractivity contribution in [2.24, 2.45) is 0 Å². The summed E-state index contributed by atoms with van der Waals surface area (Å²) in [5.41, 5.74) is 6.07. The van der Waals surface area contributed by atoms with Crippen molar-refractivity contribution in [3.05, 3.63) is 87.3 Å². The standard InChI is InChI=1S/C27H30N4O2/c1-5-20-11-10-12-21(17-20)28-24(32)16-15-23-18(3)25-19(4)29-31(22-13-8-7-9-14-22)26(25)30(6-2)27(23)33/h7-14,17H,5-6,15-16H2,1-4H3,(H,28,32). The Morgan fingerprint density at radius 1 is 1.03 bits per heavy atom. The van der Waals surface area contributed by atoms with Gasteiger partial charge in [0.1, 0.15) is 5.65 Å². The van der Waals surface area contributed by atoms with Crippen LogP contribution in [0.5, 0.6) is 0 Å². The number of anilines is 1. The maximum absolute atomic E-state index is 13.5. The van der Waals surface area contributed by atoms with Crippen LogP contribution in [0, 0.1) is 13.8 Å². The summed E-state index contributed by atoms with van der Waals surface area (Å²) in [5, 5.41) is 8.70. The van der Waals surface area contributed by atoms with Crippen LogP contribution in [0.4, 0.5) is 5.69 Å². The van der Waals surface area contributed by atoms with Crippen LogP contribution in [0.2, 0.25) is 0 Å². The third-order valence-electron chi connectivity index (χ3n) is 6.16. The lowest BCUT2D eigenvalue weighted by molar-refractivity contribution is -0.116. The van der Waals surface area contributed by atoms with Crippen LogP contribution < -0.4 is 10.9 Å². The lowest BCUT2D eigenvalue weighted by Crippen LogP contribution is -2.27. The van der Waals surface area contributed by atoms with Crippen molar-refractivity contribution in [3.63, 3.8) is 0 Å². The number of pyridine rings is 1. The molecule has 33 heavy (non-hydrogen) atoms. The number of nitrogens with zero attached hydrogens (tertiary/aromatic N) is 3. The summed E-state index contributed by atoms with van der Waals surface area (Å²) in [4.78, 5) is 26.1. The fourth-order valence-electron chi connectivity index (χ4n) is 4.44. The molecule has 0 bridgehead atoms. The van der Waals surface area contributed by atoms with Crippen LogP contribution in [-0.2, 0) is 24.2 Å². The van der Waals surface area contributed by atoms with Crippen LogP contribution >= 0.6 is 0 Å². The summed E-state index contributed by atoms with van der Waals surface area (Å²) >= 11 is 0. The zero-order chi connectivity index (χ0) is 23.5. The van der Waals surface area contributed by atoms with E-state index in [2.05, 4.69) is 12.2 Å². The number of hydrogen-bond donors (Lipinski definition) is 1. The van der Waals surface area contributed by atoms with Crippen molar-refractivity contribution >= 4 is 22.6 Å². The van der Waals surface area contributed by atoms with Crippen LogP contribution in [-0.4, -0.2) is 20.3 Å². The zero-order valence-corrected chi connectivity index (χ0v) is 19.7. The predicted molar refractivity (Wildman–Crippen MR) is 133 cm³/mol. The van der Waals surface area contributed by atoms with Gasteiger partial charge in [0.05, 0.1) is 11.4 Å². The lowest BCUT2D eigenvalue weighted by Gasteiger charge is -2.14. The smallest absolute Gasteiger partial charge is 0.255 e. The Bertz CT molecular complexity index is 1370. The average Bonchev–Trinajstić information content (AvgIpc) is 3.17. The Labute approximate surface area is 193 Å². The van der Waals surface area contributed by atoms with E-state index in [1.165, 1.54) is 5.56 Å². The highest BCUT2D eigenvalue weighted by Crippen LogP contribution is 2.26. The molecule has 170 valence electrons. The SMILES string of the molecule is CCc1cccc(NC(=O)CCc2c(C)c3c(C)nn(-c4ccccc4)c3n(CC)c2=O)c1. The highest BCUT2D eigenvalue weighted by atomic mass is 16.1. The maximum atomic E-state index is 13.5. The molecular formula is C27H30N4O2. The number of para-hydroxylation sites is 1. The van der Waals surface area contributed by atoms with E-state index in [1.807, 2.05) is 80.1 Å². The topological polar surface area (TPSA) is 68.9 Å². The van der Waals surface area contributed by atoms with Gasteiger partial charge in [-0.2, -0.15) is 5.10 Å². The Morgan fingerprint density at radius 2 is 1.79 bits per heavy atom. The summed E-state index contributed by atoms with van der Waals surface area (Å²) in [6.45, 7) is 8.50. The quantitative estimate of drug-likeness (QED) is 0.440. The summed E-state index contributed by atoms with van der Waals surface area (Å²) in [6.07, 6.45) is 1.54. The van der Waals surface area contributed by atoms with Gasteiger partial charge in [0.2, 0.25) is 5.91 Å². The Morgan fingerprint density at radius 3 is 2.48 bits per heavy atom. The van der Waals surface area contributed by atoms with Crippen LogP contribution in [0.25, 0.3) is 16.7 Å². The van der Waals surface area contributed by atoms with Gasteiger partial charge in [-0.15, -0.1) is 0 Å². The van der Waals surface area contributed by atoms with Crippen LogP contribution in [0.1, 0.15) is 42.7 Å². The van der Waals surface area contributed by atoms with E-state index < -0.39 is 0 Å². The van der Waals surface area contributed by atoms with Crippen molar-refractivity contribution in [3.8, 4) is 5.69 Å². The summed E-state index contributed by atoms with van der Waals surface area (Å²) < 4.78 is 3.62. The molecule has 6 heteroatoms. The third-order valence-corrected chi connectivity index (χ3v) is 6.16. The van der Waals surface area contributed by atoms with Gasteiger partial charge in [-0.25, -0.2) is 4.68 Å². The highest BCUT2D eigenvalue weighted by Gasteiger charge is 2.21. The molecule has 6 nitrogen and oxygen atoms in total. The predicted octanol–water partition coefficient (Wildman–Crippen LogP) is 4.96. The van der Waals surface area contributed by atoms with Gasteiger partial charge in [-0.1, -0.05) is 37.3 Å². The zero-order valence-electron chi connectivity index (χ0n) is 19.7. The molecule has 1 amide bonds. The Kier molecular flexibility index (Phi) is 6.45. The molecule has 0 aliphatic carbocycles. The second kappa shape index (κ2) is 9.45. The van der Waals surface area contributed by atoms with Gasteiger partial charge in [-0.05, 0) is 69.0 Å². The average molecular weight is 443 g/mol. The first-order chi connectivity index (χ1) is 15.9. The summed E-state index contributed by atoms with van der Waals surface area (Å²) in [6, 6.07) is 17.7. The van der Waals surface area contributed by atoms with E-state index in [1.54, 1.807) is 4.57 Å². The number of fused-ring (bicyclic) bond motifs is 1. The fraction of sp³-hybridized carbons (Fsp3) is 0.296. The Hall–Kier alpha value is -3.67. The fourth-order valence-corrected chi connectivity index (χ4v) is 4.44. The molecule has 0 aliphatic heterocycles. The molecule has 0 spiro atoms. The molecule has 2 aromatic heterocycles. The number of carbonyl (C=O) groups excluding carboxylic acids is 1. The second-order valence-corrected chi connectivity index (χ2v) is 8.29. The molecule has 0 saturated carbocycles. The van der Waals surface area contributed by atoms with E-state index in [-0.39, 0.29) is 17.9 Å². The van der Waals surface area contributed by atoms with E-state index in [0.29, 0.717) is 18.5 Å². The number of hydrogen-bond acceptors (Lipinski definition) is 3. The number of nitrogens with one attached hydrogen (secondary N) is 1. The normalized spacial score (nSPS) is 11.2. The van der Waals surface area contributed by atoms with Gasteiger partial charge in [-0.3, -0.25) is 14.2 Å². The monoisotopic (exact) mass is 442 g/mol. The van der Waals surface area contributed by atoms with Gasteiger partial charge in [0.25, 0.3) is 5.56 Å². The lowest BCUT2D eigenvalue weighted by atomic mass is 10.0. The maximum Gasteiger partial charge on any atom is 0.255 e. The minimum atomic E-state index is -0.0955. The van der Waals surface area contributed by atoms with Crippen LogP contribution in [0.15, 0.2) is 59.4 Å². The van der Waals surface area contributed by atoms with Gasteiger partial charge >= 0.3 is 0 Å². The van der Waals surface area contributed by atoms with Crippen molar-refractivity contribution in [2.75, 3.05) is 5.32 Å². The largest absolute Gasteiger partial charge is 0.326 e.